The van der Waals surface area contributed by atoms with Gasteiger partial charge in [0.25, 0.3) is 0 Å². The number of phosphoric acid groups is 1. The standard InChI is InChI=1S/C64H42ClO4PSi/c65-71(55-21-3-1-4-22-55,56-23-5-2-6-24-56)69-70(66)67-63-59(47-33-27-45(28-34-47)51-37-31-43-15-7-9-17-49(43)39-51)41-53-19-11-13-25-57(53)61(63)62-58-26-14-12-20-54(58)42-60(64(62)68-70)48-35-29-46(30-36-48)52-38-32-44-16-8-10-18-50(44)40-52/h1-42H. The number of fused-ring (bicyclic) bond motifs is 9. The summed E-state index contributed by atoms with van der Waals surface area (Å²) in [5, 5.41) is 9.91. The molecule has 7 heteroatoms. The topological polar surface area (TPSA) is 44.8 Å². The predicted octanol–water partition coefficient (Wildman–Crippen LogP) is 17.0. The molecule has 1 aliphatic rings. The molecule has 0 spiro atoms. The van der Waals surface area contributed by atoms with Crippen LogP contribution in [-0.2, 0) is 8.78 Å². The molecule has 0 saturated carbocycles. The van der Waals surface area contributed by atoms with Gasteiger partial charge in [0.2, 0.25) is 0 Å². The molecular weight excluding hydrogens is 927 g/mol. The third-order valence-electron chi connectivity index (χ3n) is 13.7. The van der Waals surface area contributed by atoms with Crippen molar-refractivity contribution in [2.24, 2.45) is 0 Å². The van der Waals surface area contributed by atoms with E-state index in [-0.39, 0.29) is 0 Å². The lowest BCUT2D eigenvalue weighted by Crippen LogP contribution is -2.56. The molecule has 13 rings (SSSR count). The summed E-state index contributed by atoms with van der Waals surface area (Å²) in [4.78, 5) is 0. The summed E-state index contributed by atoms with van der Waals surface area (Å²) in [7, 11) is -8.65. The molecule has 1 aliphatic heterocycles. The molecule has 0 unspecified atom stereocenters. The normalized spacial score (nSPS) is 13.0. The van der Waals surface area contributed by atoms with Crippen LogP contribution in [0, 0.1) is 0 Å². The van der Waals surface area contributed by atoms with Gasteiger partial charge in [0.1, 0.15) is 11.5 Å². The van der Waals surface area contributed by atoms with E-state index in [2.05, 4.69) is 170 Å². The number of phosphoric ester groups is 1. The van der Waals surface area contributed by atoms with Gasteiger partial charge in [-0.3, -0.25) is 4.21 Å². The smallest absolute Gasteiger partial charge is 0.394 e. The maximum Gasteiger partial charge on any atom is 0.578 e. The Kier molecular flexibility index (Phi) is 10.6. The van der Waals surface area contributed by atoms with Gasteiger partial charge in [-0.2, -0.15) is 0 Å². The molecule has 0 atom stereocenters. The van der Waals surface area contributed by atoms with Crippen molar-refractivity contribution >= 4 is 80.0 Å². The van der Waals surface area contributed by atoms with Gasteiger partial charge in [-0.15, -0.1) is 11.1 Å². The molecule has 12 aromatic carbocycles. The quantitative estimate of drug-likeness (QED) is 0.0865. The number of hydrogen-bond donors (Lipinski definition) is 0. The Labute approximate surface area is 417 Å². The minimum atomic E-state index is -4.76. The molecular formula is C64H42ClO4PSi. The predicted molar refractivity (Wildman–Crippen MR) is 297 cm³/mol. The summed E-state index contributed by atoms with van der Waals surface area (Å²) in [5.74, 6) is 0.764. The molecule has 0 saturated heterocycles. The molecule has 1 heterocycles. The maximum atomic E-state index is 16.6. The van der Waals surface area contributed by atoms with Gasteiger partial charge in [0, 0.05) is 22.3 Å². The van der Waals surface area contributed by atoms with Gasteiger partial charge in [-0.05, 0) is 111 Å². The van der Waals surface area contributed by atoms with Crippen LogP contribution in [-0.4, -0.2) is 7.63 Å². The molecule has 0 aromatic heterocycles. The van der Waals surface area contributed by atoms with Crippen LogP contribution in [0.1, 0.15) is 0 Å². The number of rotatable bonds is 8. The van der Waals surface area contributed by atoms with Crippen molar-refractivity contribution in [2.75, 3.05) is 0 Å². The Hall–Kier alpha value is -8.02. The summed E-state index contributed by atoms with van der Waals surface area (Å²) in [6.45, 7) is 0. The highest BCUT2D eigenvalue weighted by Crippen LogP contribution is 2.64. The van der Waals surface area contributed by atoms with Gasteiger partial charge in [-0.1, -0.05) is 231 Å². The third kappa shape index (κ3) is 7.72. The fourth-order valence-electron chi connectivity index (χ4n) is 10.2. The zero-order chi connectivity index (χ0) is 47.5. The fourth-order valence-corrected chi connectivity index (χ4v) is 16.5. The van der Waals surface area contributed by atoms with Crippen molar-refractivity contribution in [3.8, 4) is 67.1 Å². The van der Waals surface area contributed by atoms with Crippen LogP contribution in [0.5, 0.6) is 11.5 Å². The lowest BCUT2D eigenvalue weighted by Gasteiger charge is -2.29. The number of halogens is 1. The zero-order valence-corrected chi connectivity index (χ0v) is 40.9. The second-order valence-corrected chi connectivity index (χ2v) is 24.0. The summed E-state index contributed by atoms with van der Waals surface area (Å²) in [6, 6.07) is 86.8. The van der Waals surface area contributed by atoms with Crippen LogP contribution >= 0.6 is 18.9 Å². The number of hydrogen-bond acceptors (Lipinski definition) is 4. The van der Waals surface area contributed by atoms with E-state index in [9.17, 15) is 0 Å². The molecule has 0 bridgehead atoms. The summed E-state index contributed by atoms with van der Waals surface area (Å²) >= 11 is 7.93. The summed E-state index contributed by atoms with van der Waals surface area (Å²) < 4.78 is 37.9. The highest BCUT2D eigenvalue weighted by molar-refractivity contribution is 7.54. The molecule has 338 valence electrons. The van der Waals surface area contributed by atoms with Crippen molar-refractivity contribution in [1.82, 2.24) is 0 Å². The van der Waals surface area contributed by atoms with Crippen LogP contribution < -0.4 is 19.4 Å². The molecule has 12 aromatic rings. The van der Waals surface area contributed by atoms with Crippen LogP contribution in [0.3, 0.4) is 0 Å². The van der Waals surface area contributed by atoms with E-state index >= 15 is 4.57 Å². The zero-order valence-electron chi connectivity index (χ0n) is 38.2. The second-order valence-electron chi connectivity index (χ2n) is 18.0. The summed E-state index contributed by atoms with van der Waals surface area (Å²) in [5.41, 5.74) is 9.08. The van der Waals surface area contributed by atoms with Crippen LogP contribution in [0.15, 0.2) is 255 Å². The SMILES string of the molecule is O=P1(O[Si](Cl)(c2ccccc2)c2ccccc2)Oc2c(-c3ccc(-c4ccc5ccccc5c4)cc3)cc3ccccc3c2-c2c(c(-c3ccc(-c4ccc5ccccc5c4)cc3)cc3ccccc23)O1. The Bertz CT molecular complexity index is 3810. The van der Waals surface area contributed by atoms with E-state index in [0.717, 1.165) is 77.2 Å². The van der Waals surface area contributed by atoms with Crippen molar-refractivity contribution in [2.45, 2.75) is 0 Å². The maximum absolute atomic E-state index is 16.6. The second kappa shape index (κ2) is 17.4. The first-order chi connectivity index (χ1) is 34.9. The Morgan fingerprint density at radius 2 is 0.676 bits per heavy atom. The van der Waals surface area contributed by atoms with Gasteiger partial charge in [-0.25, -0.2) is 4.57 Å². The lowest BCUT2D eigenvalue weighted by molar-refractivity contribution is 0.306. The van der Waals surface area contributed by atoms with Gasteiger partial charge >= 0.3 is 15.4 Å². The minimum absolute atomic E-state index is 0.382. The average Bonchev–Trinajstić information content (AvgIpc) is 3.57. The third-order valence-corrected chi connectivity index (χ3v) is 20.5. The van der Waals surface area contributed by atoms with E-state index in [1.807, 2.05) is 84.9 Å². The van der Waals surface area contributed by atoms with Crippen LogP contribution in [0.4, 0.5) is 0 Å². The Morgan fingerprint density at radius 3 is 1.10 bits per heavy atom. The van der Waals surface area contributed by atoms with Crippen molar-refractivity contribution in [1.29, 1.82) is 0 Å². The Balaban J connectivity index is 1.05. The lowest BCUT2D eigenvalue weighted by atomic mass is 9.86. The first kappa shape index (κ1) is 43.0. The van der Waals surface area contributed by atoms with Crippen molar-refractivity contribution < 1.29 is 17.8 Å². The number of benzene rings is 12. The fraction of sp³-hybridized carbons (Fsp3) is 0. The minimum Gasteiger partial charge on any atom is -0.394 e. The van der Waals surface area contributed by atoms with E-state index in [1.165, 1.54) is 21.5 Å². The van der Waals surface area contributed by atoms with Gasteiger partial charge < -0.3 is 9.05 Å². The van der Waals surface area contributed by atoms with Gasteiger partial charge in [0.05, 0.1) is 0 Å². The van der Waals surface area contributed by atoms with E-state index in [0.29, 0.717) is 21.9 Å². The first-order valence-corrected chi connectivity index (χ1v) is 28.1. The first-order valence-electron chi connectivity index (χ1n) is 23.7. The van der Waals surface area contributed by atoms with E-state index in [1.54, 1.807) is 0 Å². The monoisotopic (exact) mass is 968 g/mol. The summed E-state index contributed by atoms with van der Waals surface area (Å²) in [6.07, 6.45) is 0. The molecule has 0 amide bonds. The molecule has 0 aliphatic carbocycles. The highest BCUT2D eigenvalue weighted by Gasteiger charge is 2.51. The largest absolute Gasteiger partial charge is 0.578 e. The Morgan fingerprint density at radius 1 is 0.338 bits per heavy atom. The van der Waals surface area contributed by atoms with Crippen LogP contribution in [0.25, 0.3) is 98.7 Å². The highest BCUT2D eigenvalue weighted by atomic mass is 35.6. The van der Waals surface area contributed by atoms with Crippen LogP contribution in [0.2, 0.25) is 0 Å². The molecule has 4 nitrogen and oxygen atoms in total. The van der Waals surface area contributed by atoms with Crippen molar-refractivity contribution in [3.05, 3.63) is 255 Å². The van der Waals surface area contributed by atoms with Gasteiger partial charge in [0.15, 0.2) is 0 Å². The molecule has 0 fully saturated rings. The molecule has 0 N–H and O–H groups in total. The van der Waals surface area contributed by atoms with Crippen molar-refractivity contribution in [3.63, 3.8) is 0 Å². The van der Waals surface area contributed by atoms with E-state index < -0.39 is 15.4 Å². The van der Waals surface area contributed by atoms with E-state index in [4.69, 9.17) is 24.3 Å². The average molecular weight is 970 g/mol. The molecule has 0 radical (unpaired) electrons. The molecule has 71 heavy (non-hydrogen) atoms.